The molecule has 1 aliphatic heterocycles. The molecule has 2 rings (SSSR count). The Hall–Kier alpha value is -1.49. The fourth-order valence-electron chi connectivity index (χ4n) is 2.76. The van der Waals surface area contributed by atoms with Crippen molar-refractivity contribution >= 4 is 5.97 Å². The summed E-state index contributed by atoms with van der Waals surface area (Å²) in [5.74, 6) is -2.41. The molecule has 2 N–H and O–H groups in total. The normalized spacial score (nSPS) is 18.2. The molecule has 5 heteroatoms. The number of hydrogen-bond donors (Lipinski definition) is 2. The molecule has 19 heavy (non-hydrogen) atoms. The number of halogens is 2. The van der Waals surface area contributed by atoms with Gasteiger partial charge in [-0.25, -0.2) is 8.78 Å². The topological polar surface area (TPSA) is 49.3 Å². The van der Waals surface area contributed by atoms with Crippen LogP contribution in [0.1, 0.15) is 30.7 Å². The molecule has 0 radical (unpaired) electrons. The quantitative estimate of drug-likeness (QED) is 0.883. The van der Waals surface area contributed by atoms with Gasteiger partial charge >= 0.3 is 5.97 Å². The number of hydrogen-bond acceptors (Lipinski definition) is 2. The van der Waals surface area contributed by atoms with Crippen LogP contribution in [0.25, 0.3) is 0 Å². The van der Waals surface area contributed by atoms with Crippen molar-refractivity contribution in [2.45, 2.75) is 25.2 Å². The molecule has 1 aromatic carbocycles. The zero-order valence-corrected chi connectivity index (χ0v) is 10.5. The van der Waals surface area contributed by atoms with E-state index in [-0.39, 0.29) is 17.9 Å². The smallest absolute Gasteiger partial charge is 0.303 e. The lowest BCUT2D eigenvalue weighted by atomic mass is 9.78. The van der Waals surface area contributed by atoms with Crippen LogP contribution in [0.2, 0.25) is 0 Å². The van der Waals surface area contributed by atoms with Crippen LogP contribution in [0, 0.1) is 17.6 Å². The molecule has 1 aliphatic rings. The molecule has 0 spiro atoms. The molecule has 1 heterocycles. The van der Waals surface area contributed by atoms with Crippen molar-refractivity contribution in [1.82, 2.24) is 5.32 Å². The molecular weight excluding hydrogens is 252 g/mol. The number of nitrogens with one attached hydrogen (secondary N) is 1. The van der Waals surface area contributed by atoms with Gasteiger partial charge in [0.15, 0.2) is 0 Å². The van der Waals surface area contributed by atoms with Gasteiger partial charge in [-0.3, -0.25) is 4.79 Å². The van der Waals surface area contributed by atoms with E-state index in [2.05, 4.69) is 5.32 Å². The number of carbonyl (C=O) groups is 1. The van der Waals surface area contributed by atoms with E-state index in [1.807, 2.05) is 0 Å². The summed E-state index contributed by atoms with van der Waals surface area (Å²) < 4.78 is 27.1. The highest BCUT2D eigenvalue weighted by Crippen LogP contribution is 2.35. The minimum atomic E-state index is -0.979. The number of aliphatic carboxylic acids is 1. The minimum absolute atomic E-state index is 0.0775. The first kappa shape index (κ1) is 13.9. The predicted molar refractivity (Wildman–Crippen MR) is 66.9 cm³/mol. The molecule has 1 saturated heterocycles. The lowest BCUT2D eigenvalue weighted by Gasteiger charge is -2.30. The summed E-state index contributed by atoms with van der Waals surface area (Å²) in [6.07, 6.45) is 1.41. The molecule has 0 aliphatic carbocycles. The maximum atomic E-state index is 13.8. The largest absolute Gasteiger partial charge is 0.481 e. The van der Waals surface area contributed by atoms with Crippen LogP contribution in [-0.2, 0) is 4.79 Å². The predicted octanol–water partition coefficient (Wildman–Crippen LogP) is 2.52. The zero-order chi connectivity index (χ0) is 13.8. The van der Waals surface area contributed by atoms with Crippen LogP contribution in [0.4, 0.5) is 8.78 Å². The standard InChI is InChI=1S/C14H17F2NO2/c15-10-1-2-13(16)12(7-10)11(8-14(18)19)9-3-5-17-6-4-9/h1-2,7,9,11,17H,3-6,8H2,(H,18,19). The molecule has 3 nitrogen and oxygen atoms in total. The van der Waals surface area contributed by atoms with E-state index in [0.29, 0.717) is 0 Å². The highest BCUT2D eigenvalue weighted by atomic mass is 19.1. The molecule has 0 amide bonds. The summed E-state index contributed by atoms with van der Waals surface area (Å²) >= 11 is 0. The fourth-order valence-corrected chi connectivity index (χ4v) is 2.76. The van der Waals surface area contributed by atoms with Crippen molar-refractivity contribution in [2.24, 2.45) is 5.92 Å². The third kappa shape index (κ3) is 3.50. The first-order valence-electron chi connectivity index (χ1n) is 6.45. The molecule has 1 fully saturated rings. The Morgan fingerprint density at radius 2 is 2.05 bits per heavy atom. The van der Waals surface area contributed by atoms with E-state index in [4.69, 9.17) is 5.11 Å². The van der Waals surface area contributed by atoms with Gasteiger partial charge in [0.2, 0.25) is 0 Å². The zero-order valence-electron chi connectivity index (χ0n) is 10.5. The Kier molecular flexibility index (Phi) is 4.47. The summed E-state index contributed by atoms with van der Waals surface area (Å²) in [6, 6.07) is 3.25. The molecule has 0 aromatic heterocycles. The molecule has 1 aromatic rings. The average Bonchev–Trinajstić information content (AvgIpc) is 2.40. The summed E-state index contributed by atoms with van der Waals surface area (Å²) in [5.41, 5.74) is 0.189. The monoisotopic (exact) mass is 269 g/mol. The van der Waals surface area contributed by atoms with Gasteiger partial charge in [0, 0.05) is 5.92 Å². The number of benzene rings is 1. The SMILES string of the molecule is O=C(O)CC(c1cc(F)ccc1F)C1CCNCC1. The maximum Gasteiger partial charge on any atom is 0.303 e. The molecule has 104 valence electrons. The molecule has 1 atom stereocenters. The average molecular weight is 269 g/mol. The lowest BCUT2D eigenvalue weighted by molar-refractivity contribution is -0.137. The van der Waals surface area contributed by atoms with Gasteiger partial charge in [-0.05, 0) is 55.6 Å². The van der Waals surface area contributed by atoms with Gasteiger partial charge in [-0.2, -0.15) is 0 Å². The third-order valence-electron chi connectivity index (χ3n) is 3.70. The summed E-state index contributed by atoms with van der Waals surface area (Å²) in [7, 11) is 0. The lowest BCUT2D eigenvalue weighted by Crippen LogP contribution is -2.32. The Morgan fingerprint density at radius 1 is 1.37 bits per heavy atom. The van der Waals surface area contributed by atoms with Crippen LogP contribution in [0.3, 0.4) is 0 Å². The summed E-state index contributed by atoms with van der Waals surface area (Å²) in [5, 5.41) is 12.2. The van der Waals surface area contributed by atoms with E-state index in [0.717, 1.165) is 44.1 Å². The van der Waals surface area contributed by atoms with Gasteiger partial charge in [-0.15, -0.1) is 0 Å². The third-order valence-corrected chi connectivity index (χ3v) is 3.70. The van der Waals surface area contributed by atoms with Crippen LogP contribution in [0.15, 0.2) is 18.2 Å². The van der Waals surface area contributed by atoms with E-state index < -0.39 is 23.5 Å². The fraction of sp³-hybridized carbons (Fsp3) is 0.500. The number of carboxylic acids is 1. The van der Waals surface area contributed by atoms with Crippen LogP contribution in [-0.4, -0.2) is 24.2 Å². The second kappa shape index (κ2) is 6.10. The Bertz CT molecular complexity index is 459. The van der Waals surface area contributed by atoms with Crippen LogP contribution < -0.4 is 5.32 Å². The second-order valence-electron chi connectivity index (χ2n) is 4.96. The highest BCUT2D eigenvalue weighted by Gasteiger charge is 2.29. The van der Waals surface area contributed by atoms with Crippen LogP contribution in [0.5, 0.6) is 0 Å². The van der Waals surface area contributed by atoms with E-state index >= 15 is 0 Å². The Labute approximate surface area is 110 Å². The van der Waals surface area contributed by atoms with Crippen molar-refractivity contribution in [3.8, 4) is 0 Å². The second-order valence-corrected chi connectivity index (χ2v) is 4.96. The Morgan fingerprint density at radius 3 is 2.68 bits per heavy atom. The summed E-state index contributed by atoms with van der Waals surface area (Å²) in [4.78, 5) is 11.0. The first-order chi connectivity index (χ1) is 9.08. The maximum absolute atomic E-state index is 13.8. The number of piperidine rings is 1. The van der Waals surface area contributed by atoms with E-state index in [9.17, 15) is 13.6 Å². The van der Waals surface area contributed by atoms with Crippen molar-refractivity contribution in [2.75, 3.05) is 13.1 Å². The number of rotatable bonds is 4. The van der Waals surface area contributed by atoms with Crippen LogP contribution >= 0.6 is 0 Å². The molecular formula is C14H17F2NO2. The summed E-state index contributed by atoms with van der Waals surface area (Å²) in [6.45, 7) is 1.58. The highest BCUT2D eigenvalue weighted by molar-refractivity contribution is 5.68. The van der Waals surface area contributed by atoms with Gasteiger partial charge in [0.05, 0.1) is 6.42 Å². The minimum Gasteiger partial charge on any atom is -0.481 e. The van der Waals surface area contributed by atoms with Crippen molar-refractivity contribution in [3.63, 3.8) is 0 Å². The van der Waals surface area contributed by atoms with Crippen molar-refractivity contribution in [1.29, 1.82) is 0 Å². The Balaban J connectivity index is 2.29. The first-order valence-corrected chi connectivity index (χ1v) is 6.45. The van der Waals surface area contributed by atoms with Gasteiger partial charge in [-0.1, -0.05) is 0 Å². The van der Waals surface area contributed by atoms with Crippen molar-refractivity contribution in [3.05, 3.63) is 35.4 Å². The number of carboxylic acid groups (broad SMARTS) is 1. The van der Waals surface area contributed by atoms with Gasteiger partial charge < -0.3 is 10.4 Å². The molecule has 1 unspecified atom stereocenters. The van der Waals surface area contributed by atoms with Gasteiger partial charge in [0.25, 0.3) is 0 Å². The van der Waals surface area contributed by atoms with E-state index in [1.54, 1.807) is 0 Å². The van der Waals surface area contributed by atoms with Crippen molar-refractivity contribution < 1.29 is 18.7 Å². The molecule has 0 saturated carbocycles. The van der Waals surface area contributed by atoms with E-state index in [1.165, 1.54) is 0 Å². The van der Waals surface area contributed by atoms with Gasteiger partial charge in [0.1, 0.15) is 11.6 Å². The molecule has 0 bridgehead atoms.